The summed E-state index contributed by atoms with van der Waals surface area (Å²) in [5, 5.41) is 20.5. The number of unbranched alkanes of at least 4 members (excludes halogenated alkanes) is 24. The molecular formula is C69H120O16P2. The number of esters is 3. The van der Waals surface area contributed by atoms with Crippen LogP contribution in [0.4, 0.5) is 0 Å². The summed E-state index contributed by atoms with van der Waals surface area (Å²) in [5.41, 5.74) is 0. The smallest absolute Gasteiger partial charge is 0.463 e. The third kappa shape index (κ3) is 63.8. The molecule has 0 fully saturated rings. The highest BCUT2D eigenvalue weighted by Gasteiger charge is 2.29. The molecule has 4 N–H and O–H groups in total. The lowest BCUT2D eigenvalue weighted by atomic mass is 10.1. The van der Waals surface area contributed by atoms with Crippen molar-refractivity contribution < 1.29 is 75.8 Å². The number of ether oxygens (including phenoxy) is 3. The molecule has 0 saturated carbocycles. The predicted octanol–water partition coefficient (Wildman–Crippen LogP) is 18.3. The van der Waals surface area contributed by atoms with E-state index >= 15 is 0 Å². The van der Waals surface area contributed by atoms with E-state index in [1.807, 2.05) is 0 Å². The summed E-state index contributed by atoms with van der Waals surface area (Å²) < 4.78 is 60.8. The zero-order valence-corrected chi connectivity index (χ0v) is 56.0. The molecule has 16 nitrogen and oxygen atoms in total. The maximum absolute atomic E-state index is 12.9. The van der Waals surface area contributed by atoms with E-state index < -0.39 is 91.5 Å². The van der Waals surface area contributed by atoms with Gasteiger partial charge in [-0.2, -0.15) is 0 Å². The fourth-order valence-electron chi connectivity index (χ4n) is 8.66. The minimum absolute atomic E-state index is 0.103. The number of carbonyl (C=O) groups is 3. The topological polar surface area (TPSA) is 231 Å². The van der Waals surface area contributed by atoms with Gasteiger partial charge in [-0.1, -0.05) is 240 Å². The van der Waals surface area contributed by atoms with Crippen LogP contribution in [0.1, 0.15) is 265 Å². The minimum Gasteiger partial charge on any atom is -0.463 e. The molecule has 0 aliphatic heterocycles. The Kier molecular flexibility index (Phi) is 60.1. The van der Waals surface area contributed by atoms with Crippen LogP contribution < -0.4 is 0 Å². The molecule has 5 atom stereocenters. The SMILES string of the molecule is CC/C=C\C/C=C\C/C=C\C/C=C\C/C=C\CCCCCCCC(=O)OCC(O)COP(=O)(O)OCC(O)COP(=O)(O)OCC(COC(=O)CCCCCCCC/C=C\C/C=C\C/C=C\CCCCC)OC(=O)CCCCCCCCCCCCC. The lowest BCUT2D eigenvalue weighted by Crippen LogP contribution is -2.30. The van der Waals surface area contributed by atoms with Crippen LogP contribution in [-0.4, -0.2) is 95.9 Å². The number of hydrogen-bond donors (Lipinski definition) is 4. The van der Waals surface area contributed by atoms with Crippen LogP contribution in [0, 0.1) is 0 Å². The van der Waals surface area contributed by atoms with E-state index in [-0.39, 0.29) is 19.3 Å². The lowest BCUT2D eigenvalue weighted by molar-refractivity contribution is -0.161. The van der Waals surface area contributed by atoms with Gasteiger partial charge in [0.15, 0.2) is 6.10 Å². The summed E-state index contributed by atoms with van der Waals surface area (Å²) in [4.78, 5) is 58.3. The molecule has 0 amide bonds. The second kappa shape index (κ2) is 62.7. The largest absolute Gasteiger partial charge is 0.472 e. The van der Waals surface area contributed by atoms with Gasteiger partial charge in [-0.05, 0) is 103 Å². The van der Waals surface area contributed by atoms with Crippen LogP contribution in [0.25, 0.3) is 0 Å². The van der Waals surface area contributed by atoms with E-state index in [0.717, 1.165) is 148 Å². The minimum atomic E-state index is -4.92. The second-order valence-corrected chi connectivity index (χ2v) is 25.2. The highest BCUT2D eigenvalue weighted by molar-refractivity contribution is 7.47. The van der Waals surface area contributed by atoms with Gasteiger partial charge in [-0.25, -0.2) is 9.13 Å². The van der Waals surface area contributed by atoms with Gasteiger partial charge in [-0.15, -0.1) is 0 Å². The Morgan fingerprint density at radius 3 is 0.989 bits per heavy atom. The number of carbonyl (C=O) groups excluding carboxylic acids is 3. The molecule has 0 aromatic rings. The van der Waals surface area contributed by atoms with Crippen LogP contribution in [-0.2, 0) is 55.8 Å². The molecule has 0 aliphatic rings. The van der Waals surface area contributed by atoms with E-state index in [1.165, 1.54) is 57.8 Å². The first kappa shape index (κ1) is 83.5. The van der Waals surface area contributed by atoms with Crippen molar-refractivity contribution in [3.63, 3.8) is 0 Å². The first-order valence-corrected chi connectivity index (χ1v) is 36.5. The number of phosphoric ester groups is 2. The quantitative estimate of drug-likeness (QED) is 0.0146. The highest BCUT2D eigenvalue weighted by atomic mass is 31.2. The van der Waals surface area contributed by atoms with Crippen molar-refractivity contribution in [1.82, 2.24) is 0 Å². The number of hydrogen-bond acceptors (Lipinski definition) is 14. The molecule has 0 aromatic heterocycles. The van der Waals surface area contributed by atoms with Crippen LogP contribution in [0.15, 0.2) is 97.2 Å². The number of allylic oxidation sites excluding steroid dienone is 16. The van der Waals surface area contributed by atoms with Crippen molar-refractivity contribution in [3.8, 4) is 0 Å². The summed E-state index contributed by atoms with van der Waals surface area (Å²) in [6.45, 7) is 2.48. The molecule has 87 heavy (non-hydrogen) atoms. The average Bonchev–Trinajstić information content (AvgIpc) is 3.57. The van der Waals surface area contributed by atoms with Gasteiger partial charge >= 0.3 is 33.6 Å². The predicted molar refractivity (Wildman–Crippen MR) is 353 cm³/mol. The monoisotopic (exact) mass is 1270 g/mol. The zero-order valence-electron chi connectivity index (χ0n) is 54.2. The molecule has 0 aliphatic carbocycles. The van der Waals surface area contributed by atoms with Gasteiger partial charge in [-0.3, -0.25) is 32.5 Å². The average molecular weight is 1270 g/mol. The van der Waals surface area contributed by atoms with Crippen molar-refractivity contribution in [2.24, 2.45) is 0 Å². The van der Waals surface area contributed by atoms with Crippen molar-refractivity contribution >= 4 is 33.6 Å². The standard InChI is InChI=1S/C69H120O16P2/c1-4-7-10-13-16-19-22-24-26-28-30-31-33-35-36-38-41-43-46-49-52-55-67(72)79-58-64(70)59-81-86(75,76)82-60-65(71)61-83-87(77,78)84-63-66(85-69(74)57-54-51-48-45-40-21-18-15-12-9-6-3)62-80-68(73)56-53-50-47-44-42-39-37-34-32-29-27-25-23-20-17-14-11-8-5-2/h7,10,16-17,19-20,24-27,30-32,34-36,64-66,70-71H,4-6,8-9,11-15,18,21-23,28-29,33,37-63H2,1-3H3,(H,75,76)(H,77,78)/b10-7-,19-16-,20-17-,26-24-,27-25-,31-30-,34-32-,36-35-. The lowest BCUT2D eigenvalue weighted by Gasteiger charge is -2.21. The molecule has 0 aromatic carbocycles. The molecule has 18 heteroatoms. The van der Waals surface area contributed by atoms with Crippen molar-refractivity contribution in [2.45, 2.75) is 283 Å². The van der Waals surface area contributed by atoms with Gasteiger partial charge in [0.25, 0.3) is 0 Å². The summed E-state index contributed by atoms with van der Waals surface area (Å²) >= 11 is 0. The molecule has 0 spiro atoms. The fraction of sp³-hybridized carbons (Fsp3) is 0.725. The molecular weight excluding hydrogens is 1150 g/mol. The normalized spacial score (nSPS) is 14.9. The number of phosphoric acid groups is 2. The third-order valence-corrected chi connectivity index (χ3v) is 15.7. The maximum atomic E-state index is 12.9. The number of aliphatic hydroxyl groups is 2. The highest BCUT2D eigenvalue weighted by Crippen LogP contribution is 2.45. The molecule has 0 saturated heterocycles. The maximum Gasteiger partial charge on any atom is 0.472 e. The molecule has 0 bridgehead atoms. The van der Waals surface area contributed by atoms with Crippen molar-refractivity contribution in [1.29, 1.82) is 0 Å². The van der Waals surface area contributed by atoms with E-state index in [0.29, 0.717) is 19.3 Å². The van der Waals surface area contributed by atoms with Crippen molar-refractivity contribution in [3.05, 3.63) is 97.2 Å². The summed E-state index contributed by atoms with van der Waals surface area (Å²) in [6.07, 6.45) is 67.5. The Labute approximate surface area is 527 Å². The molecule has 0 heterocycles. The summed E-state index contributed by atoms with van der Waals surface area (Å²) in [7, 11) is -9.77. The van der Waals surface area contributed by atoms with Gasteiger partial charge in [0.05, 0.1) is 26.4 Å². The fourth-order valence-corrected chi connectivity index (χ4v) is 10.2. The Hall–Kier alpha value is -3.53. The second-order valence-electron chi connectivity index (χ2n) is 22.2. The molecule has 0 radical (unpaired) electrons. The van der Waals surface area contributed by atoms with Crippen molar-refractivity contribution in [2.75, 3.05) is 39.6 Å². The van der Waals surface area contributed by atoms with Gasteiger partial charge in [0.2, 0.25) is 0 Å². The number of rotatable bonds is 63. The first-order valence-electron chi connectivity index (χ1n) is 33.5. The number of aliphatic hydroxyl groups excluding tert-OH is 2. The van der Waals surface area contributed by atoms with Gasteiger partial charge in [0, 0.05) is 19.3 Å². The van der Waals surface area contributed by atoms with Crippen LogP contribution in [0.5, 0.6) is 0 Å². The summed E-state index contributed by atoms with van der Waals surface area (Å²) in [6, 6.07) is 0. The van der Waals surface area contributed by atoms with Gasteiger partial charge < -0.3 is 34.2 Å². The first-order chi connectivity index (χ1) is 42.2. The third-order valence-electron chi connectivity index (χ3n) is 13.8. The van der Waals surface area contributed by atoms with Crippen LogP contribution in [0.2, 0.25) is 0 Å². The summed E-state index contributed by atoms with van der Waals surface area (Å²) in [5.74, 6) is -1.60. The van der Waals surface area contributed by atoms with E-state index in [4.69, 9.17) is 32.3 Å². The Morgan fingerprint density at radius 2 is 0.609 bits per heavy atom. The van der Waals surface area contributed by atoms with Gasteiger partial charge in [0.1, 0.15) is 25.4 Å². The van der Waals surface area contributed by atoms with E-state index in [1.54, 1.807) is 0 Å². The molecule has 0 rings (SSSR count). The van der Waals surface area contributed by atoms with Crippen LogP contribution >= 0.6 is 15.6 Å². The Morgan fingerprint density at radius 1 is 0.333 bits per heavy atom. The Bertz CT molecular complexity index is 1980. The Balaban J connectivity index is 4.61. The van der Waals surface area contributed by atoms with Crippen LogP contribution in [0.3, 0.4) is 0 Å². The molecule has 502 valence electrons. The van der Waals surface area contributed by atoms with E-state index in [2.05, 4.69) is 118 Å². The zero-order chi connectivity index (χ0) is 63.8. The molecule has 5 unspecified atom stereocenters. The van der Waals surface area contributed by atoms with E-state index in [9.17, 15) is 43.5 Å².